The summed E-state index contributed by atoms with van der Waals surface area (Å²) in [4.78, 5) is 0.0909. The number of halogens is 1. The van der Waals surface area contributed by atoms with Crippen LogP contribution in [-0.4, -0.2) is 8.42 Å². The van der Waals surface area contributed by atoms with Crippen molar-refractivity contribution in [1.82, 2.24) is 0 Å². The number of nitrogens with zero attached hydrogens (tertiary/aromatic N) is 1. The molecular weight excluding hydrogens is 296 g/mol. The Morgan fingerprint density at radius 2 is 1.80 bits per heavy atom. The molecule has 0 heterocycles. The zero-order valence-electron chi connectivity index (χ0n) is 10.6. The Balaban J connectivity index is 2.30. The van der Waals surface area contributed by atoms with Crippen molar-refractivity contribution < 1.29 is 8.42 Å². The molecule has 1 N–H and O–H groups in total. The number of nitriles is 1. The molecule has 0 aliphatic rings. The van der Waals surface area contributed by atoms with Crippen molar-refractivity contribution >= 4 is 27.3 Å². The van der Waals surface area contributed by atoms with E-state index in [2.05, 4.69) is 4.72 Å². The number of hydrogen-bond acceptors (Lipinski definition) is 3. The van der Waals surface area contributed by atoms with Gasteiger partial charge in [0.15, 0.2) is 0 Å². The van der Waals surface area contributed by atoms with Gasteiger partial charge >= 0.3 is 0 Å². The van der Waals surface area contributed by atoms with E-state index in [1.807, 2.05) is 13.0 Å². The first-order valence-electron chi connectivity index (χ1n) is 5.71. The van der Waals surface area contributed by atoms with Gasteiger partial charge in [0.1, 0.15) is 0 Å². The molecule has 0 aliphatic carbocycles. The van der Waals surface area contributed by atoms with Gasteiger partial charge in [-0.3, -0.25) is 4.72 Å². The molecule has 0 radical (unpaired) electrons. The van der Waals surface area contributed by atoms with E-state index in [0.717, 1.165) is 5.56 Å². The molecule has 0 amide bonds. The van der Waals surface area contributed by atoms with Crippen LogP contribution >= 0.6 is 11.6 Å². The molecule has 6 heteroatoms. The number of sulfonamides is 1. The van der Waals surface area contributed by atoms with Gasteiger partial charge < -0.3 is 0 Å². The van der Waals surface area contributed by atoms with Gasteiger partial charge in [-0.1, -0.05) is 17.7 Å². The maximum atomic E-state index is 12.2. The van der Waals surface area contributed by atoms with Crippen molar-refractivity contribution in [3.05, 3.63) is 58.6 Å². The molecule has 0 fully saturated rings. The number of nitrogens with one attached hydrogen (secondary N) is 1. The van der Waals surface area contributed by atoms with Gasteiger partial charge in [-0.15, -0.1) is 0 Å². The number of aryl methyl sites for hydroxylation is 1. The quantitative estimate of drug-likeness (QED) is 0.945. The van der Waals surface area contributed by atoms with Crippen LogP contribution in [0, 0.1) is 18.3 Å². The molecule has 2 aromatic rings. The minimum absolute atomic E-state index is 0.0909. The van der Waals surface area contributed by atoms with Crippen LogP contribution in [-0.2, 0) is 10.0 Å². The number of hydrogen-bond donors (Lipinski definition) is 1. The summed E-state index contributed by atoms with van der Waals surface area (Å²) in [5, 5.41) is 9.18. The smallest absolute Gasteiger partial charge is 0.261 e. The molecule has 0 aromatic heterocycles. The highest BCUT2D eigenvalue weighted by atomic mass is 35.5. The van der Waals surface area contributed by atoms with E-state index >= 15 is 0 Å². The van der Waals surface area contributed by atoms with Crippen molar-refractivity contribution in [2.24, 2.45) is 0 Å². The zero-order chi connectivity index (χ0) is 14.8. The van der Waals surface area contributed by atoms with Crippen LogP contribution in [0.3, 0.4) is 0 Å². The Kier molecular flexibility index (Phi) is 3.98. The largest absolute Gasteiger partial charge is 0.280 e. The molecule has 2 rings (SSSR count). The summed E-state index contributed by atoms with van der Waals surface area (Å²) in [7, 11) is -3.69. The topological polar surface area (TPSA) is 70.0 Å². The van der Waals surface area contributed by atoms with E-state index in [0.29, 0.717) is 16.3 Å². The average molecular weight is 307 g/mol. The standard InChI is InChI=1S/C14H11ClN2O2S/c1-10-2-5-12(8-14(10)15)17-20(18,19)13-6-3-11(9-16)4-7-13/h2-8,17H,1H3. The summed E-state index contributed by atoms with van der Waals surface area (Å²) in [6.07, 6.45) is 0. The summed E-state index contributed by atoms with van der Waals surface area (Å²) in [6.45, 7) is 1.83. The van der Waals surface area contributed by atoms with Gasteiger partial charge in [0.05, 0.1) is 22.2 Å². The van der Waals surface area contributed by atoms with E-state index in [9.17, 15) is 8.42 Å². The van der Waals surface area contributed by atoms with Crippen molar-refractivity contribution in [1.29, 1.82) is 5.26 Å². The fraction of sp³-hybridized carbons (Fsp3) is 0.0714. The molecule has 0 aliphatic heterocycles. The van der Waals surface area contributed by atoms with Crippen LogP contribution in [0.25, 0.3) is 0 Å². The van der Waals surface area contributed by atoms with Crippen LogP contribution in [0.4, 0.5) is 5.69 Å². The summed E-state index contributed by atoms with van der Waals surface area (Å²) < 4.78 is 26.8. The van der Waals surface area contributed by atoms with E-state index in [1.165, 1.54) is 24.3 Å². The van der Waals surface area contributed by atoms with Crippen molar-refractivity contribution in [2.75, 3.05) is 4.72 Å². The monoisotopic (exact) mass is 306 g/mol. The first kappa shape index (κ1) is 14.4. The van der Waals surface area contributed by atoms with Crippen LogP contribution in [0.1, 0.15) is 11.1 Å². The lowest BCUT2D eigenvalue weighted by atomic mass is 10.2. The third-order valence-electron chi connectivity index (χ3n) is 2.72. The predicted molar refractivity (Wildman–Crippen MR) is 78.2 cm³/mol. The van der Waals surface area contributed by atoms with Gasteiger partial charge in [0.2, 0.25) is 0 Å². The molecule has 2 aromatic carbocycles. The minimum atomic E-state index is -3.69. The van der Waals surface area contributed by atoms with Crippen molar-refractivity contribution in [2.45, 2.75) is 11.8 Å². The lowest BCUT2D eigenvalue weighted by Crippen LogP contribution is -2.12. The Labute approximate surface area is 122 Å². The highest BCUT2D eigenvalue weighted by Crippen LogP contribution is 2.22. The second kappa shape index (κ2) is 5.53. The van der Waals surface area contributed by atoms with Gasteiger partial charge in [-0.2, -0.15) is 5.26 Å². The Bertz CT molecular complexity index is 778. The van der Waals surface area contributed by atoms with E-state index in [-0.39, 0.29) is 4.90 Å². The van der Waals surface area contributed by atoms with Crippen LogP contribution in [0.15, 0.2) is 47.4 Å². The molecule has 20 heavy (non-hydrogen) atoms. The summed E-state index contributed by atoms with van der Waals surface area (Å²) in [5.74, 6) is 0. The van der Waals surface area contributed by atoms with E-state index in [4.69, 9.17) is 16.9 Å². The Morgan fingerprint density at radius 3 is 2.35 bits per heavy atom. The number of anilines is 1. The second-order valence-electron chi connectivity index (χ2n) is 4.21. The lowest BCUT2D eigenvalue weighted by molar-refractivity contribution is 0.601. The third-order valence-corrected chi connectivity index (χ3v) is 4.52. The molecule has 0 saturated carbocycles. The van der Waals surface area contributed by atoms with Gasteiger partial charge in [0, 0.05) is 5.02 Å². The summed E-state index contributed by atoms with van der Waals surface area (Å²) >= 11 is 5.96. The SMILES string of the molecule is Cc1ccc(NS(=O)(=O)c2ccc(C#N)cc2)cc1Cl. The maximum Gasteiger partial charge on any atom is 0.261 e. The molecule has 0 spiro atoms. The lowest BCUT2D eigenvalue weighted by Gasteiger charge is -2.09. The number of benzene rings is 2. The first-order chi connectivity index (χ1) is 9.42. The van der Waals surface area contributed by atoms with Crippen LogP contribution < -0.4 is 4.72 Å². The third kappa shape index (κ3) is 3.10. The minimum Gasteiger partial charge on any atom is -0.280 e. The molecule has 0 saturated heterocycles. The Morgan fingerprint density at radius 1 is 1.15 bits per heavy atom. The normalized spacial score (nSPS) is 10.8. The Hall–Kier alpha value is -2.03. The van der Waals surface area contributed by atoms with Crippen molar-refractivity contribution in [3.63, 3.8) is 0 Å². The van der Waals surface area contributed by atoms with Crippen LogP contribution in [0.5, 0.6) is 0 Å². The average Bonchev–Trinajstić information content (AvgIpc) is 2.43. The highest BCUT2D eigenvalue weighted by Gasteiger charge is 2.14. The second-order valence-corrected chi connectivity index (χ2v) is 6.30. The fourth-order valence-corrected chi connectivity index (χ4v) is 2.81. The van der Waals surface area contributed by atoms with E-state index < -0.39 is 10.0 Å². The molecular formula is C14H11ClN2O2S. The van der Waals surface area contributed by atoms with Crippen molar-refractivity contribution in [3.8, 4) is 6.07 Å². The van der Waals surface area contributed by atoms with Gasteiger partial charge in [0.25, 0.3) is 10.0 Å². The fourth-order valence-electron chi connectivity index (χ4n) is 1.58. The molecule has 102 valence electrons. The summed E-state index contributed by atoms with van der Waals surface area (Å²) in [6, 6.07) is 12.5. The van der Waals surface area contributed by atoms with Gasteiger partial charge in [-0.05, 0) is 48.9 Å². The van der Waals surface area contributed by atoms with Gasteiger partial charge in [-0.25, -0.2) is 8.42 Å². The molecule has 0 unspecified atom stereocenters. The highest BCUT2D eigenvalue weighted by molar-refractivity contribution is 7.92. The van der Waals surface area contributed by atoms with E-state index in [1.54, 1.807) is 18.2 Å². The first-order valence-corrected chi connectivity index (χ1v) is 7.57. The maximum absolute atomic E-state index is 12.2. The molecule has 4 nitrogen and oxygen atoms in total. The molecule has 0 atom stereocenters. The zero-order valence-corrected chi connectivity index (χ0v) is 12.2. The number of rotatable bonds is 3. The van der Waals surface area contributed by atoms with Crippen LogP contribution in [0.2, 0.25) is 5.02 Å². The summed E-state index contributed by atoms with van der Waals surface area (Å²) in [5.41, 5.74) is 1.67. The predicted octanol–water partition coefficient (Wildman–Crippen LogP) is 3.32. The molecule has 0 bridgehead atoms.